The summed E-state index contributed by atoms with van der Waals surface area (Å²) in [6, 6.07) is 7.39. The smallest absolute Gasteiger partial charge is 0.238 e. The molecule has 1 heterocycles. The lowest BCUT2D eigenvalue weighted by atomic mass is 9.78. The maximum Gasteiger partial charge on any atom is 0.238 e. The normalized spacial score (nSPS) is 25.3. The average Bonchev–Trinajstić information content (AvgIpc) is 2.72. The van der Waals surface area contributed by atoms with Gasteiger partial charge < -0.3 is 4.90 Å². The number of anilines is 1. The SMILES string of the molecule is CC(C)=C[C@H]1CCC[C@@]2(C[S@@](=O)CC[Si](C)(C)C)C(=O)N(C)c3cccc1c32. The van der Waals surface area contributed by atoms with Gasteiger partial charge >= 0.3 is 0 Å². The molecule has 0 spiro atoms. The Bertz CT molecular complexity index is 822. The number of likely N-dealkylation sites (N-methyl/N-ethyl adjacent to an activating group) is 1. The van der Waals surface area contributed by atoms with Gasteiger partial charge in [0.15, 0.2) is 0 Å². The zero-order chi connectivity index (χ0) is 20.7. The molecule has 1 aliphatic heterocycles. The second-order valence-electron chi connectivity index (χ2n) is 10.0. The van der Waals surface area contributed by atoms with E-state index in [1.165, 1.54) is 16.7 Å². The van der Waals surface area contributed by atoms with Gasteiger partial charge in [-0.3, -0.25) is 9.00 Å². The van der Waals surface area contributed by atoms with E-state index in [-0.39, 0.29) is 5.91 Å². The van der Waals surface area contributed by atoms with Crippen LogP contribution >= 0.6 is 0 Å². The molecule has 0 saturated carbocycles. The minimum atomic E-state index is -1.24. The monoisotopic (exact) mass is 417 g/mol. The summed E-state index contributed by atoms with van der Waals surface area (Å²) in [7, 11) is -0.332. The zero-order valence-electron chi connectivity index (χ0n) is 18.3. The Labute approximate surface area is 174 Å². The van der Waals surface area contributed by atoms with Gasteiger partial charge in [0.1, 0.15) is 0 Å². The van der Waals surface area contributed by atoms with E-state index in [9.17, 15) is 9.00 Å². The third-order valence-electron chi connectivity index (χ3n) is 6.17. The summed E-state index contributed by atoms with van der Waals surface area (Å²) in [6.07, 6.45) is 5.21. The molecule has 154 valence electrons. The van der Waals surface area contributed by atoms with Crippen molar-refractivity contribution in [2.24, 2.45) is 0 Å². The van der Waals surface area contributed by atoms with Gasteiger partial charge in [-0.05, 0) is 49.9 Å². The second-order valence-corrected chi connectivity index (χ2v) is 17.2. The van der Waals surface area contributed by atoms with Crippen LogP contribution in [0.1, 0.15) is 50.2 Å². The maximum absolute atomic E-state index is 13.5. The molecule has 0 unspecified atom stereocenters. The van der Waals surface area contributed by atoms with Crippen molar-refractivity contribution in [3.8, 4) is 0 Å². The number of hydrogen-bond acceptors (Lipinski definition) is 2. The van der Waals surface area contributed by atoms with Crippen LogP contribution in [0.5, 0.6) is 0 Å². The molecule has 0 aromatic heterocycles. The molecule has 3 atom stereocenters. The Morgan fingerprint density at radius 2 is 2.04 bits per heavy atom. The molecule has 28 heavy (non-hydrogen) atoms. The third-order valence-corrected chi connectivity index (χ3v) is 9.76. The number of carbonyl (C=O) groups excluding carboxylic acids is 1. The van der Waals surface area contributed by atoms with E-state index < -0.39 is 24.3 Å². The van der Waals surface area contributed by atoms with Crippen LogP contribution in [-0.2, 0) is 21.0 Å². The van der Waals surface area contributed by atoms with Gasteiger partial charge in [-0.2, -0.15) is 0 Å². The highest BCUT2D eigenvalue weighted by molar-refractivity contribution is 7.85. The Kier molecular flexibility index (Phi) is 6.07. The molecule has 0 N–H and O–H groups in total. The van der Waals surface area contributed by atoms with E-state index in [1.807, 2.05) is 11.9 Å². The lowest BCUT2D eigenvalue weighted by molar-refractivity contribution is -0.122. The van der Waals surface area contributed by atoms with Crippen molar-refractivity contribution in [2.75, 3.05) is 23.5 Å². The van der Waals surface area contributed by atoms with E-state index in [1.54, 1.807) is 0 Å². The van der Waals surface area contributed by atoms with Crippen LogP contribution in [0.2, 0.25) is 25.7 Å². The fraction of sp³-hybridized carbons (Fsp3) is 0.609. The Balaban J connectivity index is 2.04. The lowest BCUT2D eigenvalue weighted by Crippen LogP contribution is -2.43. The number of allylic oxidation sites excluding steroid dienone is 2. The number of nitrogens with zero attached hydrogens (tertiary/aromatic N) is 1. The molecule has 0 radical (unpaired) electrons. The van der Waals surface area contributed by atoms with Crippen LogP contribution in [0.15, 0.2) is 29.8 Å². The molecular weight excluding hydrogens is 382 g/mol. The number of hydrogen-bond donors (Lipinski definition) is 0. The van der Waals surface area contributed by atoms with Crippen molar-refractivity contribution in [1.82, 2.24) is 0 Å². The van der Waals surface area contributed by atoms with Crippen LogP contribution in [0.25, 0.3) is 0 Å². The molecule has 5 heteroatoms. The zero-order valence-corrected chi connectivity index (χ0v) is 20.1. The van der Waals surface area contributed by atoms with Crippen molar-refractivity contribution < 1.29 is 9.00 Å². The molecule has 3 nitrogen and oxygen atoms in total. The summed E-state index contributed by atoms with van der Waals surface area (Å²) >= 11 is 0. The molecule has 0 bridgehead atoms. The summed E-state index contributed by atoms with van der Waals surface area (Å²) in [5.74, 6) is 1.70. The molecule has 0 fully saturated rings. The van der Waals surface area contributed by atoms with Gasteiger partial charge in [-0.1, -0.05) is 49.8 Å². The quantitative estimate of drug-likeness (QED) is 0.470. The fourth-order valence-electron chi connectivity index (χ4n) is 4.76. The van der Waals surface area contributed by atoms with Gasteiger partial charge in [-0.15, -0.1) is 0 Å². The minimum Gasteiger partial charge on any atom is -0.314 e. The summed E-state index contributed by atoms with van der Waals surface area (Å²) in [5.41, 5.74) is 4.18. The molecule has 3 rings (SSSR count). The lowest BCUT2D eigenvalue weighted by Gasteiger charge is -2.28. The van der Waals surface area contributed by atoms with E-state index >= 15 is 0 Å². The molecule has 1 aromatic carbocycles. The van der Waals surface area contributed by atoms with Crippen molar-refractivity contribution in [1.29, 1.82) is 0 Å². The van der Waals surface area contributed by atoms with Crippen LogP contribution in [-0.4, -0.2) is 36.7 Å². The van der Waals surface area contributed by atoms with E-state index in [0.29, 0.717) is 11.7 Å². The fourth-order valence-corrected chi connectivity index (χ4v) is 9.23. The van der Waals surface area contributed by atoms with Crippen molar-refractivity contribution in [2.45, 2.75) is 70.1 Å². The predicted molar refractivity (Wildman–Crippen MR) is 124 cm³/mol. The van der Waals surface area contributed by atoms with Gasteiger partial charge in [0.25, 0.3) is 0 Å². The van der Waals surface area contributed by atoms with E-state index in [2.05, 4.69) is 57.8 Å². The molecular formula is C23H35NO2SSi. The van der Waals surface area contributed by atoms with E-state index in [4.69, 9.17) is 0 Å². The van der Waals surface area contributed by atoms with E-state index in [0.717, 1.165) is 36.7 Å². The number of benzene rings is 1. The van der Waals surface area contributed by atoms with Gasteiger partial charge in [0.2, 0.25) is 5.91 Å². The van der Waals surface area contributed by atoms with Crippen LogP contribution in [0, 0.1) is 0 Å². The van der Waals surface area contributed by atoms with Crippen LogP contribution < -0.4 is 4.90 Å². The molecule has 1 aromatic rings. The summed E-state index contributed by atoms with van der Waals surface area (Å²) in [6.45, 7) is 11.2. The molecule has 0 saturated heterocycles. The van der Waals surface area contributed by atoms with Crippen molar-refractivity contribution in [3.05, 3.63) is 41.0 Å². The van der Waals surface area contributed by atoms with Crippen molar-refractivity contribution >= 4 is 30.5 Å². The molecule has 1 aliphatic carbocycles. The number of rotatable bonds is 6. The number of carbonyl (C=O) groups is 1. The molecule has 1 amide bonds. The maximum atomic E-state index is 13.5. The Hall–Kier alpha value is -1.20. The average molecular weight is 418 g/mol. The van der Waals surface area contributed by atoms with Gasteiger partial charge in [0.05, 0.1) is 5.41 Å². The first-order chi connectivity index (χ1) is 13.0. The third kappa shape index (κ3) is 4.06. The van der Waals surface area contributed by atoms with Gasteiger partial charge in [-0.25, -0.2) is 0 Å². The van der Waals surface area contributed by atoms with Crippen LogP contribution in [0.4, 0.5) is 5.69 Å². The summed E-state index contributed by atoms with van der Waals surface area (Å²) < 4.78 is 13.1. The van der Waals surface area contributed by atoms with Crippen molar-refractivity contribution in [3.63, 3.8) is 0 Å². The summed E-state index contributed by atoms with van der Waals surface area (Å²) in [5, 5.41) is 0. The van der Waals surface area contributed by atoms with Crippen LogP contribution in [0.3, 0.4) is 0 Å². The minimum absolute atomic E-state index is 0.147. The first-order valence-corrected chi connectivity index (χ1v) is 15.7. The summed E-state index contributed by atoms with van der Waals surface area (Å²) in [4.78, 5) is 15.3. The second kappa shape index (κ2) is 7.90. The topological polar surface area (TPSA) is 37.4 Å². The highest BCUT2D eigenvalue weighted by atomic mass is 32.2. The predicted octanol–water partition coefficient (Wildman–Crippen LogP) is 5.22. The largest absolute Gasteiger partial charge is 0.314 e. The molecule has 2 aliphatic rings. The standard InChI is InChI=1S/C23H35NO2SSi/c1-17(2)15-18-9-8-12-23(16-27(26)13-14-28(4,5)6)21-19(18)10-7-11-20(21)24(3)22(23)25/h7,10-11,15,18H,8-9,12-14,16H2,1-6H3/t18-,23+,27+/m1/s1. The Morgan fingerprint density at radius 3 is 2.68 bits per heavy atom. The highest BCUT2D eigenvalue weighted by Crippen LogP contribution is 2.51. The first kappa shape index (κ1) is 21.5. The first-order valence-electron chi connectivity index (χ1n) is 10.5. The van der Waals surface area contributed by atoms with Gasteiger partial charge in [0, 0.05) is 49.0 Å². The Morgan fingerprint density at radius 1 is 1.32 bits per heavy atom. The number of amides is 1. The highest BCUT2D eigenvalue weighted by Gasteiger charge is 2.52.